The first kappa shape index (κ1) is 11.5. The molecule has 0 aliphatic rings. The summed E-state index contributed by atoms with van der Waals surface area (Å²) in [5.74, 6) is 0. The molecule has 0 radical (unpaired) electrons. The van der Waals surface area contributed by atoms with Crippen molar-refractivity contribution in [3.8, 4) is 0 Å². The van der Waals surface area contributed by atoms with Gasteiger partial charge in [0, 0.05) is 12.2 Å². The van der Waals surface area contributed by atoms with Crippen LogP contribution in [0, 0.1) is 0 Å². The second-order valence-electron chi connectivity index (χ2n) is 3.38. The molecule has 0 aromatic carbocycles. The summed E-state index contributed by atoms with van der Waals surface area (Å²) in [5.41, 5.74) is 1.07. The van der Waals surface area contributed by atoms with Gasteiger partial charge in [-0.2, -0.15) is 0 Å². The van der Waals surface area contributed by atoms with Crippen molar-refractivity contribution >= 4 is 11.6 Å². The van der Waals surface area contributed by atoms with Crippen molar-refractivity contribution < 1.29 is 0 Å². The van der Waals surface area contributed by atoms with Crippen molar-refractivity contribution in [1.29, 1.82) is 0 Å². The molecule has 1 rings (SSSR count). The van der Waals surface area contributed by atoms with Crippen LogP contribution < -0.4 is 5.32 Å². The topological polar surface area (TPSA) is 24.9 Å². The van der Waals surface area contributed by atoms with Crippen LogP contribution in [0.15, 0.2) is 18.3 Å². The van der Waals surface area contributed by atoms with Crippen molar-refractivity contribution in [2.75, 3.05) is 7.05 Å². The van der Waals surface area contributed by atoms with Crippen LogP contribution in [0.5, 0.6) is 0 Å². The fourth-order valence-corrected chi connectivity index (χ4v) is 1.55. The third-order valence-electron chi connectivity index (χ3n) is 2.30. The molecule has 0 aliphatic carbocycles. The molecule has 1 aromatic rings. The highest BCUT2D eigenvalue weighted by Gasteiger charge is 2.08. The Bertz CT molecular complexity index is 258. The second kappa shape index (κ2) is 5.99. The molecule has 0 saturated heterocycles. The zero-order chi connectivity index (χ0) is 10.4. The van der Waals surface area contributed by atoms with Gasteiger partial charge in [-0.25, -0.2) is 0 Å². The average Bonchev–Trinajstić information content (AvgIpc) is 2.21. The molecular formula is C11H17ClN2. The molecule has 0 fully saturated rings. The predicted molar refractivity (Wildman–Crippen MR) is 60.6 cm³/mol. The maximum Gasteiger partial charge on any atom is 0.0589 e. The van der Waals surface area contributed by atoms with Crippen LogP contribution in [0.4, 0.5) is 0 Å². The number of hydrogen-bond acceptors (Lipinski definition) is 2. The van der Waals surface area contributed by atoms with Crippen LogP contribution in [0.25, 0.3) is 0 Å². The van der Waals surface area contributed by atoms with Crippen LogP contribution in [-0.2, 0) is 0 Å². The van der Waals surface area contributed by atoms with Crippen molar-refractivity contribution in [3.05, 3.63) is 29.0 Å². The molecule has 0 spiro atoms. The lowest BCUT2D eigenvalue weighted by Crippen LogP contribution is -2.17. The molecule has 2 nitrogen and oxygen atoms in total. The number of hydrogen-bond donors (Lipinski definition) is 1. The first-order valence-electron chi connectivity index (χ1n) is 5.06. The Hall–Kier alpha value is -0.600. The first-order chi connectivity index (χ1) is 6.77. The molecule has 0 bridgehead atoms. The highest BCUT2D eigenvalue weighted by Crippen LogP contribution is 2.18. The Kier molecular flexibility index (Phi) is 4.91. The summed E-state index contributed by atoms with van der Waals surface area (Å²) in [6.07, 6.45) is 5.26. The summed E-state index contributed by atoms with van der Waals surface area (Å²) >= 11 is 5.78. The number of aromatic nitrogens is 1. The molecule has 1 aromatic heterocycles. The quantitative estimate of drug-likeness (QED) is 0.811. The van der Waals surface area contributed by atoms with Crippen molar-refractivity contribution in [3.63, 3.8) is 0 Å². The van der Waals surface area contributed by atoms with Crippen LogP contribution in [-0.4, -0.2) is 12.0 Å². The van der Waals surface area contributed by atoms with Crippen molar-refractivity contribution in [2.45, 2.75) is 32.2 Å². The molecule has 3 heteroatoms. The van der Waals surface area contributed by atoms with E-state index in [1.165, 1.54) is 12.8 Å². The minimum atomic E-state index is 0.354. The Labute approximate surface area is 90.7 Å². The summed E-state index contributed by atoms with van der Waals surface area (Å²) in [4.78, 5) is 4.31. The Morgan fingerprint density at radius 1 is 1.50 bits per heavy atom. The number of nitrogens with zero attached hydrogens (tertiary/aromatic N) is 1. The number of rotatable bonds is 5. The van der Waals surface area contributed by atoms with E-state index in [-0.39, 0.29) is 0 Å². The van der Waals surface area contributed by atoms with Crippen molar-refractivity contribution in [1.82, 2.24) is 10.3 Å². The van der Waals surface area contributed by atoms with Gasteiger partial charge in [0.05, 0.1) is 10.7 Å². The van der Waals surface area contributed by atoms with Gasteiger partial charge < -0.3 is 5.32 Å². The smallest absolute Gasteiger partial charge is 0.0589 e. The van der Waals surface area contributed by atoms with Crippen LogP contribution in [0.3, 0.4) is 0 Å². The highest BCUT2D eigenvalue weighted by atomic mass is 35.5. The fourth-order valence-electron chi connectivity index (χ4n) is 1.44. The summed E-state index contributed by atoms with van der Waals surface area (Å²) < 4.78 is 0. The summed E-state index contributed by atoms with van der Waals surface area (Å²) in [7, 11) is 1.97. The average molecular weight is 213 g/mol. The van der Waals surface area contributed by atoms with Crippen LogP contribution in [0.1, 0.15) is 37.9 Å². The third-order valence-corrected chi connectivity index (χ3v) is 2.53. The number of halogens is 1. The zero-order valence-corrected chi connectivity index (χ0v) is 9.51. The number of unbranched alkanes of at least 4 members (excludes halogenated alkanes) is 1. The van der Waals surface area contributed by atoms with Gasteiger partial charge in [0.15, 0.2) is 0 Å². The monoisotopic (exact) mass is 212 g/mol. The Morgan fingerprint density at radius 3 is 2.79 bits per heavy atom. The van der Waals surface area contributed by atoms with E-state index in [1.54, 1.807) is 6.20 Å². The van der Waals surface area contributed by atoms with E-state index in [1.807, 2.05) is 19.2 Å². The standard InChI is InChI=1S/C11H17ClN2/c1-3-4-5-10(13-2)11-7-6-9(12)8-14-11/h6-8,10,13H,3-5H2,1-2H3. The molecule has 14 heavy (non-hydrogen) atoms. The molecule has 1 heterocycles. The Balaban J connectivity index is 2.64. The van der Waals surface area contributed by atoms with Gasteiger partial charge in [0.25, 0.3) is 0 Å². The van der Waals surface area contributed by atoms with Gasteiger partial charge in [0.1, 0.15) is 0 Å². The van der Waals surface area contributed by atoms with E-state index >= 15 is 0 Å². The maximum atomic E-state index is 5.78. The first-order valence-corrected chi connectivity index (χ1v) is 5.44. The molecule has 1 N–H and O–H groups in total. The Morgan fingerprint density at radius 2 is 2.29 bits per heavy atom. The molecule has 1 atom stereocenters. The van der Waals surface area contributed by atoms with Crippen LogP contribution >= 0.6 is 11.6 Å². The van der Waals surface area contributed by atoms with Gasteiger partial charge in [-0.05, 0) is 25.6 Å². The van der Waals surface area contributed by atoms with E-state index < -0.39 is 0 Å². The van der Waals surface area contributed by atoms with Crippen molar-refractivity contribution in [2.24, 2.45) is 0 Å². The minimum absolute atomic E-state index is 0.354. The summed E-state index contributed by atoms with van der Waals surface area (Å²) in [6.45, 7) is 2.20. The van der Waals surface area contributed by atoms with E-state index in [0.29, 0.717) is 11.1 Å². The van der Waals surface area contributed by atoms with Gasteiger partial charge >= 0.3 is 0 Å². The van der Waals surface area contributed by atoms with Gasteiger partial charge in [0.2, 0.25) is 0 Å². The molecule has 0 aliphatic heterocycles. The molecule has 0 amide bonds. The minimum Gasteiger partial charge on any atom is -0.312 e. The second-order valence-corrected chi connectivity index (χ2v) is 3.82. The van der Waals surface area contributed by atoms with E-state index in [9.17, 15) is 0 Å². The van der Waals surface area contributed by atoms with Crippen LogP contribution in [0.2, 0.25) is 5.02 Å². The molecular weight excluding hydrogens is 196 g/mol. The predicted octanol–water partition coefficient (Wildman–Crippen LogP) is 3.19. The van der Waals surface area contributed by atoms with Gasteiger partial charge in [-0.3, -0.25) is 4.98 Å². The largest absolute Gasteiger partial charge is 0.312 e. The fraction of sp³-hybridized carbons (Fsp3) is 0.545. The molecule has 0 saturated carbocycles. The van der Waals surface area contributed by atoms with E-state index in [4.69, 9.17) is 11.6 Å². The highest BCUT2D eigenvalue weighted by molar-refractivity contribution is 6.30. The zero-order valence-electron chi connectivity index (χ0n) is 8.76. The third kappa shape index (κ3) is 3.28. The summed E-state index contributed by atoms with van der Waals surface area (Å²) in [5, 5.41) is 3.96. The number of nitrogens with one attached hydrogen (secondary N) is 1. The lowest BCUT2D eigenvalue weighted by Gasteiger charge is -2.14. The lowest BCUT2D eigenvalue weighted by atomic mass is 10.1. The molecule has 78 valence electrons. The SMILES string of the molecule is CCCCC(NC)c1ccc(Cl)cn1. The lowest BCUT2D eigenvalue weighted by molar-refractivity contribution is 0.511. The van der Waals surface area contributed by atoms with Gasteiger partial charge in [-0.1, -0.05) is 31.4 Å². The molecule has 1 unspecified atom stereocenters. The van der Waals surface area contributed by atoms with E-state index in [2.05, 4.69) is 17.2 Å². The maximum absolute atomic E-state index is 5.78. The van der Waals surface area contributed by atoms with Gasteiger partial charge in [-0.15, -0.1) is 0 Å². The normalized spacial score (nSPS) is 12.8. The van der Waals surface area contributed by atoms with E-state index in [0.717, 1.165) is 12.1 Å². The number of pyridine rings is 1. The summed E-state index contributed by atoms with van der Waals surface area (Å²) in [6, 6.07) is 4.23.